The van der Waals surface area contributed by atoms with E-state index in [9.17, 15) is 10.2 Å². The molecule has 0 saturated heterocycles. The average Bonchev–Trinajstić information content (AvgIpc) is 4.06. The number of aryl methyl sites for hydroxylation is 4. The summed E-state index contributed by atoms with van der Waals surface area (Å²) >= 11 is 0. The van der Waals surface area contributed by atoms with Crippen LogP contribution in [0.25, 0.3) is 66.1 Å². The third kappa shape index (κ3) is 7.90. The summed E-state index contributed by atoms with van der Waals surface area (Å²) in [7, 11) is 0. The van der Waals surface area contributed by atoms with E-state index >= 15 is 8.78 Å². The zero-order valence-electron chi connectivity index (χ0n) is 42.1. The molecule has 0 radical (unpaired) electrons. The number of pyridine rings is 2. The Bertz CT molecular complexity index is 3380. The van der Waals surface area contributed by atoms with Crippen LogP contribution in [0.15, 0.2) is 131 Å². The van der Waals surface area contributed by atoms with E-state index in [1.54, 1.807) is 27.7 Å². The van der Waals surface area contributed by atoms with Gasteiger partial charge in [0.25, 0.3) is 0 Å². The standard InChI is InChI=1S/2C30H30FN3O2/c2*1-18-26(19(2)36-33-18)21-15-25-27(32-17-21)23-12-11-22(29(3,4)35)16-24(23)34(25)28(30(31)13-8-14-30)20-9-6-5-7-10-20/h2*5-7,9-12,15-17,28,35H,8,13-14H2,1-4H3. The van der Waals surface area contributed by atoms with Crippen LogP contribution in [0.3, 0.4) is 0 Å². The molecule has 0 aliphatic heterocycles. The summed E-state index contributed by atoms with van der Waals surface area (Å²) in [5.41, 5.74) is 8.85. The van der Waals surface area contributed by atoms with Crippen LogP contribution >= 0.6 is 0 Å². The van der Waals surface area contributed by atoms with Gasteiger partial charge in [0.05, 0.1) is 67.8 Å². The molecule has 6 aromatic heterocycles. The first kappa shape index (κ1) is 47.3. The molecule has 2 atom stereocenters. The second kappa shape index (κ2) is 17.3. The van der Waals surface area contributed by atoms with Crippen molar-refractivity contribution >= 4 is 43.9 Å². The Hall–Kier alpha value is -7.02. The molecule has 368 valence electrons. The number of aromatic nitrogens is 6. The van der Waals surface area contributed by atoms with Crippen LogP contribution in [-0.2, 0) is 11.2 Å². The summed E-state index contributed by atoms with van der Waals surface area (Å²) in [5, 5.41) is 31.7. The van der Waals surface area contributed by atoms with Crippen LogP contribution < -0.4 is 0 Å². The summed E-state index contributed by atoms with van der Waals surface area (Å²) in [6.07, 6.45) is 7.46. The highest BCUT2D eigenvalue weighted by molar-refractivity contribution is 6.08. The minimum atomic E-state index is -1.37. The van der Waals surface area contributed by atoms with Crippen molar-refractivity contribution in [2.45, 2.75) is 129 Å². The van der Waals surface area contributed by atoms with Crippen molar-refractivity contribution in [3.05, 3.63) is 167 Å². The van der Waals surface area contributed by atoms with Gasteiger partial charge in [-0.2, -0.15) is 0 Å². The molecule has 2 aliphatic carbocycles. The van der Waals surface area contributed by atoms with E-state index < -0.39 is 34.6 Å². The van der Waals surface area contributed by atoms with Crippen molar-refractivity contribution in [1.29, 1.82) is 0 Å². The first-order valence-electron chi connectivity index (χ1n) is 25.0. The normalized spacial score (nSPS) is 16.4. The first-order valence-corrected chi connectivity index (χ1v) is 25.0. The molecule has 2 saturated carbocycles. The van der Waals surface area contributed by atoms with Gasteiger partial charge in [0, 0.05) is 45.4 Å². The van der Waals surface area contributed by atoms with E-state index in [4.69, 9.17) is 19.0 Å². The summed E-state index contributed by atoms with van der Waals surface area (Å²) in [6, 6.07) is 34.8. The second-order valence-corrected chi connectivity index (χ2v) is 21.3. The first-order chi connectivity index (χ1) is 34.3. The van der Waals surface area contributed by atoms with Gasteiger partial charge in [-0.05, 0) is 140 Å². The molecule has 0 spiro atoms. The zero-order chi connectivity index (χ0) is 50.5. The molecule has 12 heteroatoms. The fourth-order valence-electron chi connectivity index (χ4n) is 11.4. The van der Waals surface area contributed by atoms with E-state index in [0.29, 0.717) is 25.7 Å². The molecular formula is C60H60F2N6O4. The number of alkyl halides is 2. The lowest BCUT2D eigenvalue weighted by atomic mass is 9.73. The smallest absolute Gasteiger partial charge is 0.141 e. The van der Waals surface area contributed by atoms with Crippen LogP contribution in [0.1, 0.15) is 123 Å². The fourth-order valence-corrected chi connectivity index (χ4v) is 11.4. The van der Waals surface area contributed by atoms with Gasteiger partial charge in [-0.15, -0.1) is 0 Å². The molecule has 72 heavy (non-hydrogen) atoms. The van der Waals surface area contributed by atoms with Gasteiger partial charge in [0.15, 0.2) is 0 Å². The number of nitrogens with zero attached hydrogens (tertiary/aromatic N) is 6. The molecule has 0 bridgehead atoms. The number of hydrogen-bond donors (Lipinski definition) is 2. The zero-order valence-corrected chi connectivity index (χ0v) is 42.1. The maximum absolute atomic E-state index is 16.6. The van der Waals surface area contributed by atoms with Gasteiger partial charge < -0.3 is 28.4 Å². The summed E-state index contributed by atoms with van der Waals surface area (Å²) in [4.78, 5) is 9.77. The summed E-state index contributed by atoms with van der Waals surface area (Å²) in [5.74, 6) is 1.45. The van der Waals surface area contributed by atoms with Crippen molar-refractivity contribution in [3.63, 3.8) is 0 Å². The largest absolute Gasteiger partial charge is 0.386 e. The Morgan fingerprint density at radius 3 is 1.21 bits per heavy atom. The molecule has 12 rings (SSSR count). The molecule has 10 nitrogen and oxygen atoms in total. The summed E-state index contributed by atoms with van der Waals surface area (Å²) in [6.45, 7) is 14.7. The Kier molecular flexibility index (Phi) is 11.4. The van der Waals surface area contributed by atoms with Crippen molar-refractivity contribution in [3.8, 4) is 22.3 Å². The van der Waals surface area contributed by atoms with E-state index in [2.05, 4.69) is 31.6 Å². The Balaban J connectivity index is 0.000000156. The lowest BCUT2D eigenvalue weighted by Gasteiger charge is -2.42. The topological polar surface area (TPSA) is 128 Å². The quantitative estimate of drug-likeness (QED) is 0.139. The van der Waals surface area contributed by atoms with E-state index in [1.165, 1.54) is 0 Å². The third-order valence-corrected chi connectivity index (χ3v) is 15.4. The number of benzene rings is 4. The Labute approximate surface area is 417 Å². The maximum Gasteiger partial charge on any atom is 0.141 e. The van der Waals surface area contributed by atoms with E-state index in [1.807, 2.05) is 137 Å². The van der Waals surface area contributed by atoms with Gasteiger partial charge in [0.1, 0.15) is 22.9 Å². The van der Waals surface area contributed by atoms with Crippen molar-refractivity contribution in [2.75, 3.05) is 0 Å². The highest BCUT2D eigenvalue weighted by Gasteiger charge is 2.49. The van der Waals surface area contributed by atoms with Crippen LogP contribution in [0, 0.1) is 27.7 Å². The summed E-state index contributed by atoms with van der Waals surface area (Å²) < 4.78 is 48.3. The molecule has 2 unspecified atom stereocenters. The number of fused-ring (bicyclic) bond motifs is 6. The predicted octanol–water partition coefficient (Wildman–Crippen LogP) is 14.3. The molecular weight excluding hydrogens is 907 g/mol. The molecule has 0 amide bonds. The molecule has 6 heterocycles. The fraction of sp³-hybridized carbons (Fsp3) is 0.333. The molecule has 2 N–H and O–H groups in total. The lowest BCUT2D eigenvalue weighted by molar-refractivity contribution is 0.0240. The van der Waals surface area contributed by atoms with Crippen LogP contribution in [-0.4, -0.2) is 51.0 Å². The SMILES string of the molecule is Cc1noc(C)c1-c1cnc2c3ccc(C(C)(C)O)cc3n(C(c3ccccc3)C3(F)CCC3)c2c1.Cc1noc(C)c1-c1cnc2c3ccc(C(C)(C)O)cc3n(C(c3ccccc3)C3(F)CCC3)c2c1. The molecule has 4 aromatic carbocycles. The lowest BCUT2D eigenvalue weighted by Crippen LogP contribution is -2.42. The molecule has 10 aromatic rings. The van der Waals surface area contributed by atoms with Crippen molar-refractivity contribution < 1.29 is 28.0 Å². The number of hydrogen-bond acceptors (Lipinski definition) is 8. The van der Waals surface area contributed by atoms with Gasteiger partial charge in [-0.1, -0.05) is 95.2 Å². The molecule has 2 aliphatic rings. The van der Waals surface area contributed by atoms with Crippen molar-refractivity contribution in [1.82, 2.24) is 29.4 Å². The maximum atomic E-state index is 16.6. The van der Waals surface area contributed by atoms with Crippen LogP contribution in [0.5, 0.6) is 0 Å². The third-order valence-electron chi connectivity index (χ3n) is 15.4. The monoisotopic (exact) mass is 966 g/mol. The van der Waals surface area contributed by atoms with Gasteiger partial charge in [0.2, 0.25) is 0 Å². The van der Waals surface area contributed by atoms with Gasteiger partial charge >= 0.3 is 0 Å². The van der Waals surface area contributed by atoms with Gasteiger partial charge in [-0.3, -0.25) is 9.97 Å². The minimum Gasteiger partial charge on any atom is -0.386 e. The van der Waals surface area contributed by atoms with Crippen LogP contribution in [0.2, 0.25) is 0 Å². The Morgan fingerprint density at radius 2 is 0.903 bits per heavy atom. The Morgan fingerprint density at radius 1 is 0.528 bits per heavy atom. The average molecular weight is 967 g/mol. The van der Waals surface area contributed by atoms with Crippen molar-refractivity contribution in [2.24, 2.45) is 0 Å². The predicted molar refractivity (Wildman–Crippen MR) is 279 cm³/mol. The minimum absolute atomic E-state index is 0.510. The molecule has 2 fully saturated rings. The van der Waals surface area contributed by atoms with E-state index in [0.717, 1.165) is 124 Å². The van der Waals surface area contributed by atoms with Crippen LogP contribution in [0.4, 0.5) is 8.78 Å². The second-order valence-electron chi connectivity index (χ2n) is 21.3. The van der Waals surface area contributed by atoms with Gasteiger partial charge in [-0.25, -0.2) is 8.78 Å². The highest BCUT2D eigenvalue weighted by Crippen LogP contribution is 2.52. The van der Waals surface area contributed by atoms with E-state index in [-0.39, 0.29) is 0 Å². The number of rotatable bonds is 10. The number of aliphatic hydroxyl groups is 2. The highest BCUT2D eigenvalue weighted by atomic mass is 19.1. The number of halogens is 2.